The fourth-order valence-corrected chi connectivity index (χ4v) is 5.88. The van der Waals surface area contributed by atoms with E-state index in [1.165, 1.54) is 12.1 Å². The molecule has 1 amide bonds. The van der Waals surface area contributed by atoms with Crippen molar-refractivity contribution in [2.75, 3.05) is 16.6 Å². The highest BCUT2D eigenvalue weighted by molar-refractivity contribution is 7.92. The Bertz CT molecular complexity index is 1640. The number of sulfonamides is 1. The zero-order valence-corrected chi connectivity index (χ0v) is 26.1. The van der Waals surface area contributed by atoms with Crippen LogP contribution in [0.25, 0.3) is 10.9 Å². The first-order valence-corrected chi connectivity index (χ1v) is 16.1. The summed E-state index contributed by atoms with van der Waals surface area (Å²) in [6, 6.07) is 22.3. The third-order valence-electron chi connectivity index (χ3n) is 7.93. The highest BCUT2D eigenvalue weighted by atomic mass is 32.2. The lowest BCUT2D eigenvalue weighted by Gasteiger charge is -2.28. The van der Waals surface area contributed by atoms with Crippen molar-refractivity contribution in [2.24, 2.45) is 11.7 Å². The van der Waals surface area contributed by atoms with E-state index in [0.717, 1.165) is 36.0 Å². The molecule has 0 aliphatic heterocycles. The third-order valence-corrected chi connectivity index (χ3v) is 9.32. The minimum absolute atomic E-state index is 0.105. The lowest BCUT2D eigenvalue weighted by molar-refractivity contribution is -0.118. The smallest absolute Gasteiger partial charge is 0.261 e. The van der Waals surface area contributed by atoms with E-state index < -0.39 is 22.2 Å². The first kappa shape index (κ1) is 32.2. The van der Waals surface area contributed by atoms with Gasteiger partial charge < -0.3 is 26.0 Å². The van der Waals surface area contributed by atoms with E-state index in [2.05, 4.69) is 33.8 Å². The maximum atomic E-state index is 12.7. The van der Waals surface area contributed by atoms with Gasteiger partial charge in [-0.3, -0.25) is 9.52 Å². The molecule has 1 aromatic heterocycles. The number of nitrogens with one attached hydrogen (secondary N) is 3. The van der Waals surface area contributed by atoms with E-state index in [9.17, 15) is 18.3 Å². The van der Waals surface area contributed by atoms with Crippen LogP contribution in [0.3, 0.4) is 0 Å². The summed E-state index contributed by atoms with van der Waals surface area (Å²) < 4.78 is 30.2. The van der Waals surface area contributed by atoms with Crippen LogP contribution in [-0.2, 0) is 21.4 Å². The van der Waals surface area contributed by atoms with Gasteiger partial charge in [0.25, 0.3) is 10.0 Å². The molecule has 0 aliphatic carbocycles. The minimum Gasteiger partial charge on any atom is -0.387 e. The van der Waals surface area contributed by atoms with Crippen LogP contribution < -0.4 is 21.1 Å². The number of amides is 1. The van der Waals surface area contributed by atoms with Crippen molar-refractivity contribution in [3.05, 3.63) is 90.6 Å². The molecule has 0 bridgehead atoms. The number of carbonyl (C=O) groups is 1. The zero-order chi connectivity index (χ0) is 31.2. The Morgan fingerprint density at radius 2 is 1.74 bits per heavy atom. The summed E-state index contributed by atoms with van der Waals surface area (Å²) in [7, 11) is -3.72. The van der Waals surface area contributed by atoms with Crippen molar-refractivity contribution in [3.63, 3.8) is 0 Å². The van der Waals surface area contributed by atoms with E-state index in [4.69, 9.17) is 5.73 Å². The van der Waals surface area contributed by atoms with Gasteiger partial charge in [0, 0.05) is 47.1 Å². The van der Waals surface area contributed by atoms with Crippen LogP contribution in [0.2, 0.25) is 0 Å². The zero-order valence-electron chi connectivity index (χ0n) is 25.2. The maximum absolute atomic E-state index is 12.7. The standard InChI is InChI=1S/C33H43N5O4S/c1-5-23(2)31(34)32(40)36-26-14-15-29-24(20-26)16-18-38(29)19-17-33(3,4)35-22-30(39)25-10-9-11-27(21-25)37-43(41,42)28-12-7-6-8-13-28/h6-16,18,20-21,23,30-31,35,37,39H,5,17,19,22,34H2,1-4H3,(H,36,40)/t23-,30-,31-/m0/s1. The number of rotatable bonds is 14. The summed E-state index contributed by atoms with van der Waals surface area (Å²) >= 11 is 0. The number of β-amino-alcohol motifs (C(OH)–C–C–N with tert-alkyl or cyclic N) is 1. The van der Waals surface area contributed by atoms with Crippen LogP contribution in [0, 0.1) is 5.92 Å². The number of benzene rings is 3. The second-order valence-corrected chi connectivity index (χ2v) is 13.4. The van der Waals surface area contributed by atoms with E-state index in [-0.39, 0.29) is 22.3 Å². The molecule has 0 aliphatic rings. The molecule has 4 aromatic rings. The van der Waals surface area contributed by atoms with Crippen LogP contribution in [-0.4, -0.2) is 42.1 Å². The van der Waals surface area contributed by atoms with Gasteiger partial charge in [-0.2, -0.15) is 0 Å². The van der Waals surface area contributed by atoms with Gasteiger partial charge in [-0.25, -0.2) is 8.42 Å². The molecule has 6 N–H and O–H groups in total. The van der Waals surface area contributed by atoms with Crippen LogP contribution >= 0.6 is 0 Å². The van der Waals surface area contributed by atoms with Gasteiger partial charge in [-0.1, -0.05) is 50.6 Å². The number of nitrogens with two attached hydrogens (primary N) is 1. The van der Waals surface area contributed by atoms with Crippen molar-refractivity contribution < 1.29 is 18.3 Å². The summed E-state index contributed by atoms with van der Waals surface area (Å²) in [5.41, 5.74) is 8.58. The van der Waals surface area contributed by atoms with Crippen LogP contribution in [0.15, 0.2) is 90.0 Å². The number of carbonyl (C=O) groups excluding carboxylic acids is 1. The van der Waals surface area contributed by atoms with Crippen LogP contribution in [0.1, 0.15) is 52.2 Å². The molecule has 3 atom stereocenters. The monoisotopic (exact) mass is 605 g/mol. The maximum Gasteiger partial charge on any atom is 0.261 e. The Labute approximate surface area is 254 Å². The first-order valence-electron chi connectivity index (χ1n) is 14.6. The highest BCUT2D eigenvalue weighted by Crippen LogP contribution is 2.24. The van der Waals surface area contributed by atoms with Crippen LogP contribution in [0.5, 0.6) is 0 Å². The molecule has 1 heterocycles. The molecule has 9 nitrogen and oxygen atoms in total. The molecular formula is C33H43N5O4S. The molecule has 10 heteroatoms. The predicted molar refractivity (Wildman–Crippen MR) is 173 cm³/mol. The summed E-state index contributed by atoms with van der Waals surface area (Å²) in [6.45, 7) is 9.22. The Morgan fingerprint density at radius 1 is 1.00 bits per heavy atom. The molecule has 230 valence electrons. The Kier molecular flexibility index (Phi) is 10.3. The SMILES string of the molecule is CC[C@H](C)[C@H](N)C(=O)Nc1ccc2c(ccn2CCC(C)(C)NC[C@H](O)c2cccc(NS(=O)(=O)c3ccccc3)c2)c1. The highest BCUT2D eigenvalue weighted by Gasteiger charge is 2.22. The van der Waals surface area contributed by atoms with Gasteiger partial charge in [0.1, 0.15) is 0 Å². The Hall–Kier alpha value is -3.70. The number of aromatic nitrogens is 1. The van der Waals surface area contributed by atoms with Gasteiger partial charge in [0.15, 0.2) is 0 Å². The predicted octanol–water partition coefficient (Wildman–Crippen LogP) is 5.25. The molecule has 0 radical (unpaired) electrons. The lowest BCUT2D eigenvalue weighted by Crippen LogP contribution is -2.42. The number of aryl methyl sites for hydroxylation is 1. The average molecular weight is 606 g/mol. The fraction of sp³-hybridized carbons (Fsp3) is 0.364. The van der Waals surface area contributed by atoms with Crippen molar-refractivity contribution in [1.29, 1.82) is 0 Å². The van der Waals surface area contributed by atoms with Gasteiger partial charge in [-0.05, 0) is 80.3 Å². The molecule has 0 saturated heterocycles. The van der Waals surface area contributed by atoms with E-state index in [1.54, 1.807) is 42.5 Å². The van der Waals surface area contributed by atoms with E-state index in [1.807, 2.05) is 44.3 Å². The minimum atomic E-state index is -3.72. The molecule has 0 unspecified atom stereocenters. The number of hydrogen-bond acceptors (Lipinski definition) is 6. The number of aliphatic hydroxyl groups excluding tert-OH is 1. The summed E-state index contributed by atoms with van der Waals surface area (Å²) in [4.78, 5) is 12.7. The first-order chi connectivity index (χ1) is 20.4. The number of hydrogen-bond donors (Lipinski definition) is 5. The summed E-state index contributed by atoms with van der Waals surface area (Å²) in [5, 5.41) is 18.3. The van der Waals surface area contributed by atoms with Crippen molar-refractivity contribution in [2.45, 2.75) is 69.7 Å². The Morgan fingerprint density at radius 3 is 2.47 bits per heavy atom. The molecule has 0 fully saturated rings. The third kappa shape index (κ3) is 8.45. The van der Waals surface area contributed by atoms with E-state index >= 15 is 0 Å². The molecule has 43 heavy (non-hydrogen) atoms. The molecule has 0 saturated carbocycles. The summed E-state index contributed by atoms with van der Waals surface area (Å²) in [5.74, 6) is -0.0721. The van der Waals surface area contributed by atoms with E-state index in [0.29, 0.717) is 17.8 Å². The van der Waals surface area contributed by atoms with Gasteiger partial charge in [0.05, 0.1) is 17.0 Å². The number of fused-ring (bicyclic) bond motifs is 1. The molecule has 3 aromatic carbocycles. The van der Waals surface area contributed by atoms with Gasteiger partial charge >= 0.3 is 0 Å². The van der Waals surface area contributed by atoms with Crippen molar-refractivity contribution in [1.82, 2.24) is 9.88 Å². The lowest BCUT2D eigenvalue weighted by atomic mass is 9.99. The number of nitrogens with zero attached hydrogens (tertiary/aromatic N) is 1. The van der Waals surface area contributed by atoms with Gasteiger partial charge in [0.2, 0.25) is 5.91 Å². The van der Waals surface area contributed by atoms with Crippen molar-refractivity contribution >= 4 is 38.2 Å². The van der Waals surface area contributed by atoms with Crippen LogP contribution in [0.4, 0.5) is 11.4 Å². The average Bonchev–Trinajstić information content (AvgIpc) is 3.40. The number of aliphatic hydroxyl groups is 1. The largest absolute Gasteiger partial charge is 0.387 e. The normalized spacial score (nSPS) is 14.3. The number of anilines is 2. The fourth-order valence-electron chi connectivity index (χ4n) is 4.81. The quantitative estimate of drug-likeness (QED) is 0.133. The second kappa shape index (κ2) is 13.7. The summed E-state index contributed by atoms with van der Waals surface area (Å²) in [6.07, 6.45) is 2.85. The molecule has 4 rings (SSSR count). The van der Waals surface area contributed by atoms with Gasteiger partial charge in [-0.15, -0.1) is 0 Å². The van der Waals surface area contributed by atoms with Crippen molar-refractivity contribution in [3.8, 4) is 0 Å². The molecular weight excluding hydrogens is 562 g/mol. The molecule has 0 spiro atoms. The second-order valence-electron chi connectivity index (χ2n) is 11.8. The Balaban J connectivity index is 1.32. The topological polar surface area (TPSA) is 138 Å².